The van der Waals surface area contributed by atoms with Crippen LogP contribution in [0.15, 0.2) is 17.5 Å². The van der Waals surface area contributed by atoms with Gasteiger partial charge in [-0.25, -0.2) is 9.59 Å². The van der Waals surface area contributed by atoms with Crippen LogP contribution in [-0.2, 0) is 14.3 Å². The maximum atomic E-state index is 13.1. The zero-order chi connectivity index (χ0) is 18.7. The first kappa shape index (κ1) is 18.7. The van der Waals surface area contributed by atoms with E-state index in [0.717, 1.165) is 30.6 Å². The van der Waals surface area contributed by atoms with Gasteiger partial charge in [0.15, 0.2) is 0 Å². The predicted octanol–water partition coefficient (Wildman–Crippen LogP) is 2.18. The lowest BCUT2D eigenvalue weighted by atomic mass is 9.84. The first-order chi connectivity index (χ1) is 12.5. The van der Waals surface area contributed by atoms with E-state index in [1.165, 1.54) is 18.4 Å². The molecule has 26 heavy (non-hydrogen) atoms. The van der Waals surface area contributed by atoms with Crippen molar-refractivity contribution in [2.24, 2.45) is 11.7 Å². The van der Waals surface area contributed by atoms with Crippen LogP contribution in [0.2, 0.25) is 0 Å². The fraction of sp³-hybridized carbons (Fsp3) is 0.611. The van der Waals surface area contributed by atoms with Gasteiger partial charge in [0.1, 0.15) is 6.04 Å². The number of esters is 1. The molecule has 1 aromatic heterocycles. The Bertz CT molecular complexity index is 663. The molecule has 0 radical (unpaired) electrons. The molecule has 0 unspecified atom stereocenters. The lowest BCUT2D eigenvalue weighted by molar-refractivity contribution is -0.152. The number of rotatable bonds is 5. The second-order valence-electron chi connectivity index (χ2n) is 6.97. The Morgan fingerprint density at radius 2 is 2.15 bits per heavy atom. The summed E-state index contributed by atoms with van der Waals surface area (Å²) in [6, 6.07) is 2.13. The van der Waals surface area contributed by atoms with Crippen LogP contribution < -0.4 is 11.1 Å². The van der Waals surface area contributed by atoms with Crippen molar-refractivity contribution in [2.75, 3.05) is 7.11 Å². The van der Waals surface area contributed by atoms with E-state index in [2.05, 4.69) is 5.32 Å². The number of fused-ring (bicyclic) bond motifs is 1. The number of nitrogens with one attached hydrogen (secondary N) is 1. The number of nitrogens with two attached hydrogens (primary N) is 1. The molecule has 2 aliphatic rings. The Morgan fingerprint density at radius 1 is 1.38 bits per heavy atom. The Labute approximate surface area is 156 Å². The molecular formula is C18H25N3O4S. The Balaban J connectivity index is 1.80. The first-order valence-corrected chi connectivity index (χ1v) is 9.87. The van der Waals surface area contributed by atoms with Crippen LogP contribution in [0.25, 0.3) is 0 Å². The van der Waals surface area contributed by atoms with E-state index in [9.17, 15) is 14.4 Å². The molecule has 8 heteroatoms. The van der Waals surface area contributed by atoms with E-state index in [0.29, 0.717) is 12.3 Å². The van der Waals surface area contributed by atoms with Gasteiger partial charge in [-0.05, 0) is 36.6 Å². The van der Waals surface area contributed by atoms with Gasteiger partial charge >= 0.3 is 12.0 Å². The van der Waals surface area contributed by atoms with Gasteiger partial charge in [0, 0.05) is 10.9 Å². The van der Waals surface area contributed by atoms with Crippen molar-refractivity contribution in [1.82, 2.24) is 10.2 Å². The second-order valence-corrected chi connectivity index (χ2v) is 7.95. The van der Waals surface area contributed by atoms with Gasteiger partial charge < -0.3 is 20.7 Å². The number of urea groups is 1. The highest BCUT2D eigenvalue weighted by Crippen LogP contribution is 2.41. The molecule has 3 N–H and O–H groups in total. The minimum atomic E-state index is -0.669. The Kier molecular flexibility index (Phi) is 5.80. The third kappa shape index (κ3) is 3.85. The topological polar surface area (TPSA) is 102 Å². The lowest BCUT2D eigenvalue weighted by Gasteiger charge is -2.34. The number of hydrogen-bond acceptors (Lipinski definition) is 5. The number of thiophene rings is 1. The minimum absolute atomic E-state index is 0.0814. The van der Waals surface area contributed by atoms with Gasteiger partial charge in [-0.2, -0.15) is 0 Å². The fourth-order valence-electron chi connectivity index (χ4n) is 4.33. The molecule has 7 nitrogen and oxygen atoms in total. The number of carbonyl (C=O) groups excluding carboxylic acids is 3. The summed E-state index contributed by atoms with van der Waals surface area (Å²) in [5, 5.41) is 4.54. The van der Waals surface area contributed by atoms with Crippen LogP contribution >= 0.6 is 11.3 Å². The number of nitrogens with zero attached hydrogens (tertiary/aromatic N) is 1. The van der Waals surface area contributed by atoms with Crippen molar-refractivity contribution >= 4 is 29.2 Å². The maximum absolute atomic E-state index is 13.1. The number of carbonyl (C=O) groups is 3. The summed E-state index contributed by atoms with van der Waals surface area (Å²) in [4.78, 5) is 39.4. The van der Waals surface area contributed by atoms with Gasteiger partial charge in [-0.15, -0.1) is 11.3 Å². The third-order valence-electron chi connectivity index (χ3n) is 5.43. The number of likely N-dealkylation sites (tertiary alicyclic amines) is 1. The highest BCUT2D eigenvalue weighted by Gasteiger charge is 2.48. The van der Waals surface area contributed by atoms with Crippen LogP contribution in [0.5, 0.6) is 0 Å². The molecule has 1 saturated carbocycles. The van der Waals surface area contributed by atoms with Crippen LogP contribution in [0.3, 0.4) is 0 Å². The van der Waals surface area contributed by atoms with Gasteiger partial charge in [0.25, 0.3) is 0 Å². The van der Waals surface area contributed by atoms with Gasteiger partial charge in [-0.1, -0.05) is 18.9 Å². The van der Waals surface area contributed by atoms with Gasteiger partial charge in [0.05, 0.1) is 19.6 Å². The normalized spacial score (nSPS) is 26.0. The molecule has 1 aromatic rings. The molecule has 0 bridgehead atoms. The van der Waals surface area contributed by atoms with Crippen LogP contribution in [0.1, 0.15) is 49.4 Å². The minimum Gasteiger partial charge on any atom is -0.467 e. The summed E-state index contributed by atoms with van der Waals surface area (Å²) in [5.74, 6) is -0.147. The van der Waals surface area contributed by atoms with Crippen molar-refractivity contribution in [2.45, 2.75) is 56.7 Å². The lowest BCUT2D eigenvalue weighted by Crippen LogP contribution is -2.48. The van der Waals surface area contributed by atoms with E-state index >= 15 is 0 Å². The number of primary amides is 1. The Hall–Kier alpha value is -2.09. The number of methoxy groups -OCH3 is 1. The summed E-state index contributed by atoms with van der Waals surface area (Å²) in [6.45, 7) is 0. The summed E-state index contributed by atoms with van der Waals surface area (Å²) < 4.78 is 4.94. The van der Waals surface area contributed by atoms with E-state index in [-0.39, 0.29) is 24.3 Å². The molecule has 3 amide bonds. The molecule has 1 aliphatic carbocycles. The van der Waals surface area contributed by atoms with Crippen molar-refractivity contribution in [3.63, 3.8) is 0 Å². The molecule has 2 heterocycles. The average molecular weight is 379 g/mol. The average Bonchev–Trinajstić information content (AvgIpc) is 3.27. The molecule has 0 aromatic carbocycles. The van der Waals surface area contributed by atoms with Gasteiger partial charge in [0.2, 0.25) is 5.91 Å². The highest BCUT2D eigenvalue weighted by molar-refractivity contribution is 7.10. The molecule has 2 fully saturated rings. The first-order valence-electron chi connectivity index (χ1n) is 8.99. The zero-order valence-corrected chi connectivity index (χ0v) is 15.7. The standard InChI is InChI=1S/C18H25N3O4S/c1-25-17(23)14-9-11-5-2-3-6-13(11)21(14)16(22)10-12(20-18(19)24)15-7-4-8-26-15/h4,7-8,11-14H,2-3,5-6,9-10H2,1H3,(H3,19,20,24)/t11-,12+,13-,14-/m0/s1. The van der Waals surface area contributed by atoms with E-state index in [1.807, 2.05) is 17.5 Å². The fourth-order valence-corrected chi connectivity index (χ4v) is 5.11. The SMILES string of the molecule is COC(=O)[C@@H]1C[C@@H]2CCCC[C@@H]2N1C(=O)C[C@@H](NC(N)=O)c1cccs1. The van der Waals surface area contributed by atoms with E-state index in [4.69, 9.17) is 10.5 Å². The number of hydrogen-bond donors (Lipinski definition) is 2. The summed E-state index contributed by atoms with van der Waals surface area (Å²) >= 11 is 1.46. The molecule has 1 aliphatic heterocycles. The number of amides is 3. The predicted molar refractivity (Wildman–Crippen MR) is 97.4 cm³/mol. The smallest absolute Gasteiger partial charge is 0.328 e. The summed E-state index contributed by atoms with van der Waals surface area (Å²) in [7, 11) is 1.36. The van der Waals surface area contributed by atoms with E-state index in [1.54, 1.807) is 4.90 Å². The Morgan fingerprint density at radius 3 is 2.81 bits per heavy atom. The van der Waals surface area contributed by atoms with Crippen LogP contribution in [0.4, 0.5) is 4.79 Å². The molecule has 142 valence electrons. The van der Waals surface area contributed by atoms with Crippen LogP contribution in [-0.4, -0.2) is 42.0 Å². The van der Waals surface area contributed by atoms with Crippen molar-refractivity contribution < 1.29 is 19.1 Å². The quantitative estimate of drug-likeness (QED) is 0.766. The van der Waals surface area contributed by atoms with Crippen LogP contribution in [0, 0.1) is 5.92 Å². The molecule has 3 rings (SSSR count). The number of ether oxygens (including phenoxy) is 1. The summed E-state index contributed by atoms with van der Waals surface area (Å²) in [5.41, 5.74) is 5.29. The van der Waals surface area contributed by atoms with Gasteiger partial charge in [-0.3, -0.25) is 4.79 Å². The van der Waals surface area contributed by atoms with Crippen molar-refractivity contribution in [3.05, 3.63) is 22.4 Å². The van der Waals surface area contributed by atoms with Crippen molar-refractivity contribution in [1.29, 1.82) is 0 Å². The molecule has 4 atom stereocenters. The third-order valence-corrected chi connectivity index (χ3v) is 6.42. The molecule has 1 saturated heterocycles. The second kappa shape index (κ2) is 8.07. The summed E-state index contributed by atoms with van der Waals surface area (Å²) in [6.07, 6.45) is 4.90. The molecular weight excluding hydrogens is 354 g/mol. The molecule has 0 spiro atoms. The zero-order valence-electron chi connectivity index (χ0n) is 14.8. The maximum Gasteiger partial charge on any atom is 0.328 e. The van der Waals surface area contributed by atoms with E-state index < -0.39 is 18.1 Å². The monoisotopic (exact) mass is 379 g/mol. The largest absolute Gasteiger partial charge is 0.467 e. The highest BCUT2D eigenvalue weighted by atomic mass is 32.1. The van der Waals surface area contributed by atoms with Crippen molar-refractivity contribution in [3.8, 4) is 0 Å².